The van der Waals surface area contributed by atoms with Gasteiger partial charge < -0.3 is 5.73 Å². The first kappa shape index (κ1) is 8.69. The standard InChI is InChI=1S/C9H11N3/c1-7(11)9-3-2-8(4-5-10)6-12-9/h2-3,6-7H,4,11H2,1H3. The van der Waals surface area contributed by atoms with Gasteiger partial charge in [0.15, 0.2) is 0 Å². The van der Waals surface area contributed by atoms with Gasteiger partial charge in [-0.25, -0.2) is 0 Å². The van der Waals surface area contributed by atoms with Crippen molar-refractivity contribution in [1.29, 1.82) is 5.26 Å². The zero-order valence-electron chi connectivity index (χ0n) is 6.99. The fraction of sp³-hybridized carbons (Fsp3) is 0.333. The number of hydrogen-bond acceptors (Lipinski definition) is 3. The van der Waals surface area contributed by atoms with Crippen molar-refractivity contribution in [2.75, 3.05) is 0 Å². The Morgan fingerprint density at radius 1 is 1.67 bits per heavy atom. The van der Waals surface area contributed by atoms with Gasteiger partial charge in [-0.05, 0) is 18.6 Å². The number of pyridine rings is 1. The van der Waals surface area contributed by atoms with Crippen LogP contribution in [-0.2, 0) is 6.42 Å². The number of aromatic nitrogens is 1. The van der Waals surface area contributed by atoms with E-state index in [1.165, 1.54) is 0 Å². The van der Waals surface area contributed by atoms with E-state index in [-0.39, 0.29) is 6.04 Å². The number of nitrogens with two attached hydrogens (primary N) is 1. The van der Waals surface area contributed by atoms with Crippen molar-refractivity contribution in [2.45, 2.75) is 19.4 Å². The van der Waals surface area contributed by atoms with Gasteiger partial charge in [0, 0.05) is 12.2 Å². The fourth-order valence-corrected chi connectivity index (χ4v) is 0.901. The smallest absolute Gasteiger partial charge is 0.0670 e. The minimum absolute atomic E-state index is 0.0406. The van der Waals surface area contributed by atoms with Crippen LogP contribution in [0.4, 0.5) is 0 Å². The molecule has 0 aliphatic rings. The van der Waals surface area contributed by atoms with Gasteiger partial charge in [0.1, 0.15) is 0 Å². The molecule has 0 amide bonds. The lowest BCUT2D eigenvalue weighted by Gasteiger charge is -2.03. The van der Waals surface area contributed by atoms with Crippen LogP contribution in [0.3, 0.4) is 0 Å². The Kier molecular flexibility index (Phi) is 2.78. The lowest BCUT2D eigenvalue weighted by molar-refractivity contribution is 0.779. The summed E-state index contributed by atoms with van der Waals surface area (Å²) in [4.78, 5) is 4.12. The average molecular weight is 161 g/mol. The maximum atomic E-state index is 8.40. The highest BCUT2D eigenvalue weighted by Crippen LogP contribution is 2.06. The molecule has 12 heavy (non-hydrogen) atoms. The topological polar surface area (TPSA) is 62.7 Å². The van der Waals surface area contributed by atoms with E-state index in [1.807, 2.05) is 19.1 Å². The van der Waals surface area contributed by atoms with Crippen LogP contribution in [0.1, 0.15) is 24.2 Å². The zero-order chi connectivity index (χ0) is 8.97. The molecule has 1 rings (SSSR count). The summed E-state index contributed by atoms with van der Waals surface area (Å²) >= 11 is 0. The first-order valence-corrected chi connectivity index (χ1v) is 3.81. The molecule has 1 unspecified atom stereocenters. The molecule has 3 nitrogen and oxygen atoms in total. The van der Waals surface area contributed by atoms with Gasteiger partial charge in [0.2, 0.25) is 0 Å². The summed E-state index contributed by atoms with van der Waals surface area (Å²) in [5.41, 5.74) is 7.40. The zero-order valence-corrected chi connectivity index (χ0v) is 6.99. The van der Waals surface area contributed by atoms with Gasteiger partial charge in [0.25, 0.3) is 0 Å². The first-order valence-electron chi connectivity index (χ1n) is 3.81. The maximum Gasteiger partial charge on any atom is 0.0670 e. The fourth-order valence-electron chi connectivity index (χ4n) is 0.901. The van der Waals surface area contributed by atoms with E-state index in [9.17, 15) is 0 Å². The quantitative estimate of drug-likeness (QED) is 0.708. The summed E-state index contributed by atoms with van der Waals surface area (Å²) in [5, 5.41) is 8.40. The van der Waals surface area contributed by atoms with Gasteiger partial charge >= 0.3 is 0 Å². The highest BCUT2D eigenvalue weighted by Gasteiger charge is 1.99. The summed E-state index contributed by atoms with van der Waals surface area (Å²) < 4.78 is 0. The van der Waals surface area contributed by atoms with E-state index in [4.69, 9.17) is 11.0 Å². The molecule has 0 aliphatic carbocycles. The molecule has 1 aromatic rings. The summed E-state index contributed by atoms with van der Waals surface area (Å²) in [6.45, 7) is 1.88. The van der Waals surface area contributed by atoms with Crippen LogP contribution in [0.5, 0.6) is 0 Å². The molecular weight excluding hydrogens is 150 g/mol. The van der Waals surface area contributed by atoms with Crippen LogP contribution < -0.4 is 5.73 Å². The Bertz CT molecular complexity index is 282. The molecule has 0 bridgehead atoms. The number of rotatable bonds is 2. The minimum atomic E-state index is -0.0406. The van der Waals surface area contributed by atoms with Crippen LogP contribution in [0.2, 0.25) is 0 Å². The summed E-state index contributed by atoms with van der Waals surface area (Å²) in [6, 6.07) is 5.76. The van der Waals surface area contributed by atoms with Gasteiger partial charge in [-0.3, -0.25) is 4.98 Å². The Balaban J connectivity index is 2.80. The van der Waals surface area contributed by atoms with Crippen molar-refractivity contribution < 1.29 is 0 Å². The third-order valence-electron chi connectivity index (χ3n) is 1.60. The van der Waals surface area contributed by atoms with E-state index in [2.05, 4.69) is 11.1 Å². The molecule has 0 aromatic carbocycles. The molecule has 0 aliphatic heterocycles. The molecule has 0 saturated heterocycles. The Morgan fingerprint density at radius 3 is 2.83 bits per heavy atom. The molecule has 1 heterocycles. The van der Waals surface area contributed by atoms with Crippen molar-refractivity contribution in [3.05, 3.63) is 29.6 Å². The van der Waals surface area contributed by atoms with Crippen molar-refractivity contribution in [2.24, 2.45) is 5.73 Å². The Labute approximate surface area is 71.8 Å². The van der Waals surface area contributed by atoms with Crippen LogP contribution in [0.25, 0.3) is 0 Å². The second kappa shape index (κ2) is 3.84. The number of nitrogens with zero attached hydrogens (tertiary/aromatic N) is 2. The van der Waals surface area contributed by atoms with Crippen LogP contribution in [-0.4, -0.2) is 4.98 Å². The molecule has 62 valence electrons. The molecular formula is C9H11N3. The van der Waals surface area contributed by atoms with Gasteiger partial charge in [-0.2, -0.15) is 5.26 Å². The lowest BCUT2D eigenvalue weighted by atomic mass is 10.1. The Morgan fingerprint density at radius 2 is 2.42 bits per heavy atom. The van der Waals surface area contributed by atoms with Crippen molar-refractivity contribution >= 4 is 0 Å². The predicted molar refractivity (Wildman–Crippen MR) is 46.2 cm³/mol. The van der Waals surface area contributed by atoms with E-state index in [1.54, 1.807) is 6.20 Å². The molecule has 0 saturated carbocycles. The molecule has 1 atom stereocenters. The second-order valence-electron chi connectivity index (χ2n) is 2.71. The SMILES string of the molecule is CC(N)c1ccc(CC#N)cn1. The summed E-state index contributed by atoms with van der Waals surface area (Å²) in [7, 11) is 0. The molecule has 3 heteroatoms. The van der Waals surface area contributed by atoms with Crippen molar-refractivity contribution in [3.63, 3.8) is 0 Å². The largest absolute Gasteiger partial charge is 0.323 e. The minimum Gasteiger partial charge on any atom is -0.323 e. The number of nitriles is 1. The summed E-state index contributed by atoms with van der Waals surface area (Å²) in [6.07, 6.45) is 2.11. The predicted octanol–water partition coefficient (Wildman–Crippen LogP) is 1.17. The Hall–Kier alpha value is -1.40. The van der Waals surface area contributed by atoms with E-state index in [0.29, 0.717) is 6.42 Å². The maximum absolute atomic E-state index is 8.40. The van der Waals surface area contributed by atoms with Gasteiger partial charge in [0.05, 0.1) is 18.2 Å². The molecule has 0 spiro atoms. The monoisotopic (exact) mass is 161 g/mol. The van der Waals surface area contributed by atoms with Crippen molar-refractivity contribution in [3.8, 4) is 6.07 Å². The average Bonchev–Trinajstić information content (AvgIpc) is 2.06. The van der Waals surface area contributed by atoms with E-state index < -0.39 is 0 Å². The highest BCUT2D eigenvalue weighted by molar-refractivity contribution is 5.18. The van der Waals surface area contributed by atoms with Gasteiger partial charge in [-0.1, -0.05) is 6.07 Å². The summed E-state index contributed by atoms with van der Waals surface area (Å²) in [5.74, 6) is 0. The third kappa shape index (κ3) is 2.04. The number of hydrogen-bond donors (Lipinski definition) is 1. The van der Waals surface area contributed by atoms with E-state index in [0.717, 1.165) is 11.3 Å². The van der Waals surface area contributed by atoms with Crippen LogP contribution >= 0.6 is 0 Å². The first-order chi connectivity index (χ1) is 5.74. The second-order valence-corrected chi connectivity index (χ2v) is 2.71. The molecule has 1 aromatic heterocycles. The highest BCUT2D eigenvalue weighted by atomic mass is 14.8. The van der Waals surface area contributed by atoms with Gasteiger partial charge in [-0.15, -0.1) is 0 Å². The van der Waals surface area contributed by atoms with Crippen molar-refractivity contribution in [1.82, 2.24) is 4.98 Å². The molecule has 0 radical (unpaired) electrons. The third-order valence-corrected chi connectivity index (χ3v) is 1.60. The normalized spacial score (nSPS) is 12.1. The lowest BCUT2D eigenvalue weighted by Crippen LogP contribution is -2.06. The van der Waals surface area contributed by atoms with Crippen LogP contribution in [0.15, 0.2) is 18.3 Å². The van der Waals surface area contributed by atoms with Crippen LogP contribution in [0, 0.1) is 11.3 Å². The molecule has 0 fully saturated rings. The molecule has 2 N–H and O–H groups in total. The van der Waals surface area contributed by atoms with E-state index >= 15 is 0 Å².